The van der Waals surface area contributed by atoms with Crippen LogP contribution in [-0.2, 0) is 4.57 Å². The molecule has 4 nitrogen and oxygen atoms in total. The van der Waals surface area contributed by atoms with Crippen molar-refractivity contribution in [1.82, 2.24) is 0 Å². The number of alkyl halides is 1. The fourth-order valence-corrected chi connectivity index (χ4v) is 0.491. The Kier molecular flexibility index (Phi) is 21.0. The first-order chi connectivity index (χ1) is 4.41. The maximum atomic E-state index is 8.88. The molecule has 0 aromatic rings. The summed E-state index contributed by atoms with van der Waals surface area (Å²) in [7, 11) is -4.64. The second-order valence-electron chi connectivity index (χ2n) is 1.41. The molecule has 64 valence electrons. The molecular formula is C4H11BrKO4P. The molecule has 0 radical (unpaired) electrons. The number of hydrogen-bond acceptors (Lipinski definition) is 1. The summed E-state index contributed by atoms with van der Waals surface area (Å²) < 4.78 is 8.88. The van der Waals surface area contributed by atoms with Gasteiger partial charge in [0.05, 0.1) is 0 Å². The molecule has 0 fully saturated rings. The van der Waals surface area contributed by atoms with Gasteiger partial charge < -0.3 is 21.6 Å². The van der Waals surface area contributed by atoms with Crippen LogP contribution in [0.2, 0.25) is 0 Å². The Labute approximate surface area is 118 Å². The summed E-state index contributed by atoms with van der Waals surface area (Å²) in [5, 5.41) is 1.09. The fraction of sp³-hybridized carbons (Fsp3) is 0.750. The smallest absolute Gasteiger partial charge is 0.343 e. The van der Waals surface area contributed by atoms with Gasteiger partial charge in [-0.1, -0.05) is 22.4 Å². The first-order valence-corrected chi connectivity index (χ1v) is 5.24. The van der Waals surface area contributed by atoms with E-state index in [1.807, 2.05) is 0 Å². The third-order valence-electron chi connectivity index (χ3n) is 0.384. The molecule has 11 heavy (non-hydrogen) atoms. The van der Waals surface area contributed by atoms with Crippen molar-refractivity contribution in [2.45, 2.75) is 12.8 Å². The van der Waals surface area contributed by atoms with Gasteiger partial charge in [0.25, 0.3) is 0 Å². The van der Waals surface area contributed by atoms with Gasteiger partial charge in [-0.25, -0.2) is 4.57 Å². The van der Waals surface area contributed by atoms with Crippen LogP contribution in [0.25, 0.3) is 0 Å². The number of halogens is 1. The number of phosphoric acid groups is 1. The van der Waals surface area contributed by atoms with E-state index in [0.717, 1.165) is 11.8 Å². The summed E-state index contributed by atoms with van der Waals surface area (Å²) in [5.74, 6) is 0. The Bertz CT molecular complexity index is 96.0. The van der Waals surface area contributed by atoms with Crippen molar-refractivity contribution in [3.63, 3.8) is 0 Å². The molecule has 0 saturated heterocycles. The molecule has 0 amide bonds. The Morgan fingerprint density at radius 2 is 1.64 bits per heavy atom. The fourth-order valence-electron chi connectivity index (χ4n) is 0.0945. The monoisotopic (exact) mass is 272 g/mol. The molecule has 7 heteroatoms. The normalized spacial score (nSPS) is 9.18. The van der Waals surface area contributed by atoms with E-state index in [9.17, 15) is 0 Å². The van der Waals surface area contributed by atoms with Crippen LogP contribution in [0.5, 0.6) is 0 Å². The van der Waals surface area contributed by atoms with E-state index in [2.05, 4.69) is 22.9 Å². The molecule has 0 rings (SSSR count). The van der Waals surface area contributed by atoms with Crippen molar-refractivity contribution in [3.8, 4) is 0 Å². The Balaban J connectivity index is -0.000000107. The van der Waals surface area contributed by atoms with Gasteiger partial charge in [0.1, 0.15) is 0 Å². The molecule has 0 heterocycles. The quantitative estimate of drug-likeness (QED) is 0.237. The van der Waals surface area contributed by atoms with E-state index < -0.39 is 7.82 Å². The van der Waals surface area contributed by atoms with Gasteiger partial charge >= 0.3 is 59.2 Å². The summed E-state index contributed by atoms with van der Waals surface area (Å²) in [6.07, 6.45) is 2.24. The molecule has 0 atom stereocenters. The molecule has 3 N–H and O–H groups in total. The van der Waals surface area contributed by atoms with Gasteiger partial charge in [0.15, 0.2) is 0 Å². The average Bonchev–Trinajstić information content (AvgIpc) is 1.63. The second-order valence-corrected chi connectivity index (χ2v) is 3.23. The van der Waals surface area contributed by atoms with Gasteiger partial charge in [0, 0.05) is 5.33 Å². The van der Waals surface area contributed by atoms with Crippen molar-refractivity contribution in [2.75, 3.05) is 5.33 Å². The summed E-state index contributed by atoms with van der Waals surface area (Å²) in [6, 6.07) is 0. The summed E-state index contributed by atoms with van der Waals surface area (Å²) in [5.41, 5.74) is 0. The van der Waals surface area contributed by atoms with Crippen LogP contribution in [0.3, 0.4) is 0 Å². The van der Waals surface area contributed by atoms with E-state index in [0.29, 0.717) is 0 Å². The summed E-state index contributed by atoms with van der Waals surface area (Å²) in [4.78, 5) is 21.6. The predicted octanol–water partition coefficient (Wildman–Crippen LogP) is -1.93. The molecule has 0 spiro atoms. The van der Waals surface area contributed by atoms with E-state index in [1.54, 1.807) is 0 Å². The van der Waals surface area contributed by atoms with Gasteiger partial charge in [0.2, 0.25) is 0 Å². The van der Waals surface area contributed by atoms with Crippen LogP contribution < -0.4 is 51.4 Å². The zero-order chi connectivity index (χ0) is 8.62. The molecule has 0 aliphatic rings. The van der Waals surface area contributed by atoms with Crippen molar-refractivity contribution < 1.29 is 70.6 Å². The van der Waals surface area contributed by atoms with E-state index >= 15 is 0 Å². The molecule has 0 saturated carbocycles. The SMILES string of the molecule is O=P(O)(O)O.[CH2-]CCCBr.[K+]. The van der Waals surface area contributed by atoms with Crippen LogP contribution in [0.4, 0.5) is 0 Å². The van der Waals surface area contributed by atoms with Crippen molar-refractivity contribution >= 4 is 23.8 Å². The molecule has 0 bridgehead atoms. The Morgan fingerprint density at radius 3 is 1.64 bits per heavy atom. The molecule has 0 unspecified atom stereocenters. The minimum atomic E-state index is -4.64. The van der Waals surface area contributed by atoms with Crippen LogP contribution >= 0.6 is 23.8 Å². The Morgan fingerprint density at radius 1 is 1.36 bits per heavy atom. The maximum Gasteiger partial charge on any atom is 1.00 e. The topological polar surface area (TPSA) is 77.8 Å². The van der Waals surface area contributed by atoms with Gasteiger partial charge in [-0.3, -0.25) is 0 Å². The number of unbranched alkanes of at least 4 members (excludes halogenated alkanes) is 1. The van der Waals surface area contributed by atoms with Gasteiger partial charge in [-0.2, -0.15) is 6.42 Å². The number of rotatable bonds is 2. The minimum absolute atomic E-state index is 0. The van der Waals surface area contributed by atoms with Crippen LogP contribution in [0.1, 0.15) is 12.8 Å². The van der Waals surface area contributed by atoms with Crippen molar-refractivity contribution in [1.29, 1.82) is 0 Å². The van der Waals surface area contributed by atoms with E-state index in [-0.39, 0.29) is 51.4 Å². The predicted molar refractivity (Wildman–Crippen MR) is 42.6 cm³/mol. The molecule has 0 aromatic carbocycles. The van der Waals surface area contributed by atoms with Crippen LogP contribution in [0.15, 0.2) is 0 Å². The Hall–Kier alpha value is 2.23. The van der Waals surface area contributed by atoms with Crippen molar-refractivity contribution in [3.05, 3.63) is 6.92 Å². The number of hydrogen-bond donors (Lipinski definition) is 3. The average molecular weight is 273 g/mol. The molecule has 0 aliphatic heterocycles. The van der Waals surface area contributed by atoms with E-state index in [4.69, 9.17) is 19.2 Å². The maximum absolute atomic E-state index is 8.88. The molecule has 0 aromatic heterocycles. The van der Waals surface area contributed by atoms with Gasteiger partial charge in [-0.05, 0) is 0 Å². The van der Waals surface area contributed by atoms with Crippen LogP contribution in [0, 0.1) is 6.92 Å². The van der Waals surface area contributed by atoms with Crippen LogP contribution in [-0.4, -0.2) is 20.0 Å². The largest absolute Gasteiger partial charge is 1.00 e. The summed E-state index contributed by atoms with van der Waals surface area (Å²) >= 11 is 3.27. The minimum Gasteiger partial charge on any atom is -0.343 e. The zero-order valence-electron chi connectivity index (χ0n) is 6.40. The first kappa shape index (κ1) is 18.9. The standard InChI is InChI=1S/C4H8Br.K.H3O4P/c1-2-3-4-5;;1-5(2,3)4/h1-4H2;;(H3,1,2,3,4)/q-1;+1;. The van der Waals surface area contributed by atoms with Crippen molar-refractivity contribution in [2.24, 2.45) is 0 Å². The zero-order valence-corrected chi connectivity index (χ0v) is 12.0. The first-order valence-electron chi connectivity index (χ1n) is 2.55. The van der Waals surface area contributed by atoms with E-state index in [1.165, 1.54) is 6.42 Å². The summed E-state index contributed by atoms with van der Waals surface area (Å²) in [6.45, 7) is 3.65. The third kappa shape index (κ3) is 71.6. The van der Waals surface area contributed by atoms with Gasteiger partial charge in [-0.15, -0.1) is 0 Å². The third-order valence-corrected chi connectivity index (χ3v) is 0.944. The molecular weight excluding hydrogens is 262 g/mol. The second kappa shape index (κ2) is 12.2. The molecule has 0 aliphatic carbocycles.